The molecule has 0 saturated heterocycles. The fourth-order valence-electron chi connectivity index (χ4n) is 4.56. The van der Waals surface area contributed by atoms with E-state index in [2.05, 4.69) is 47.4 Å². The maximum atomic E-state index is 10.9. The quantitative estimate of drug-likeness (QED) is 0.236. The van der Waals surface area contributed by atoms with Crippen molar-refractivity contribution in [3.8, 4) is 17.2 Å². The molecule has 1 aliphatic rings. The number of rotatable bonds is 9. The second-order valence-corrected chi connectivity index (χ2v) is 11.2. The van der Waals surface area contributed by atoms with Gasteiger partial charge in [0, 0.05) is 18.6 Å². The maximum absolute atomic E-state index is 10.9. The van der Waals surface area contributed by atoms with E-state index in [1.807, 2.05) is 85.7 Å². The number of aromatic nitrogens is 1. The summed E-state index contributed by atoms with van der Waals surface area (Å²) in [6.45, 7) is 0.499. The lowest BCUT2D eigenvalue weighted by atomic mass is 9.83. The minimum Gasteiger partial charge on any atom is -0.297 e. The summed E-state index contributed by atoms with van der Waals surface area (Å²) in [5.41, 5.74) is 5.48. The molecule has 38 heavy (non-hydrogen) atoms. The lowest BCUT2D eigenvalue weighted by molar-refractivity contribution is -0.696. The van der Waals surface area contributed by atoms with Crippen molar-refractivity contribution >= 4 is 21.3 Å². The van der Waals surface area contributed by atoms with Gasteiger partial charge in [0.05, 0.1) is 22.9 Å². The summed E-state index contributed by atoms with van der Waals surface area (Å²) in [6.07, 6.45) is 13.5. The van der Waals surface area contributed by atoms with Crippen molar-refractivity contribution in [2.75, 3.05) is 19.8 Å². The molecule has 1 aliphatic carbocycles. The number of aryl methyl sites for hydroxylation is 1. The van der Waals surface area contributed by atoms with E-state index < -0.39 is 15.7 Å². The van der Waals surface area contributed by atoms with Crippen molar-refractivity contribution in [1.82, 2.24) is 4.90 Å². The molecule has 194 valence electrons. The van der Waals surface area contributed by atoms with Crippen molar-refractivity contribution in [3.05, 3.63) is 115 Å². The highest BCUT2D eigenvalue weighted by molar-refractivity contribution is 7.85. The third kappa shape index (κ3) is 6.73. The lowest BCUT2D eigenvalue weighted by Crippen LogP contribution is -2.41. The smallest absolute Gasteiger partial charge is 0.265 e. The van der Waals surface area contributed by atoms with Crippen LogP contribution in [0.3, 0.4) is 0 Å². The molecular weight excluding hydrogens is 494 g/mol. The molecule has 1 heterocycles. The highest BCUT2D eigenvalue weighted by atomic mass is 32.2. The molecule has 0 fully saturated rings. The van der Waals surface area contributed by atoms with Crippen LogP contribution in [0.15, 0.2) is 103 Å². The summed E-state index contributed by atoms with van der Waals surface area (Å²) in [5, 5.41) is 10.0. The molecule has 1 atom stereocenters. The Labute approximate surface area is 225 Å². The van der Waals surface area contributed by atoms with E-state index in [-0.39, 0.29) is 5.75 Å². The van der Waals surface area contributed by atoms with Gasteiger partial charge >= 0.3 is 0 Å². The third-order valence-corrected chi connectivity index (χ3v) is 7.70. The molecule has 7 heteroatoms. The van der Waals surface area contributed by atoms with E-state index in [1.165, 1.54) is 11.1 Å². The Kier molecular flexibility index (Phi) is 8.38. The Hall–Kier alpha value is -3.83. The van der Waals surface area contributed by atoms with E-state index in [0.29, 0.717) is 18.5 Å². The van der Waals surface area contributed by atoms with E-state index in [4.69, 9.17) is 4.55 Å². The first kappa shape index (κ1) is 27.2. The molecular formula is C31H32N3O3S+. The van der Waals surface area contributed by atoms with Crippen LogP contribution >= 0.6 is 0 Å². The Balaban J connectivity index is 1.50. The minimum atomic E-state index is -3.94. The molecule has 4 rings (SSSR count). The number of hydrogen-bond donors (Lipinski definition) is 1. The van der Waals surface area contributed by atoms with Gasteiger partial charge in [-0.3, -0.25) is 9.45 Å². The van der Waals surface area contributed by atoms with Crippen LogP contribution in [0, 0.1) is 11.3 Å². The monoisotopic (exact) mass is 526 g/mol. The Morgan fingerprint density at radius 3 is 2.24 bits per heavy atom. The van der Waals surface area contributed by atoms with E-state index >= 15 is 0 Å². The van der Waals surface area contributed by atoms with Gasteiger partial charge < -0.3 is 0 Å². The zero-order valence-corrected chi connectivity index (χ0v) is 22.5. The summed E-state index contributed by atoms with van der Waals surface area (Å²) < 4.78 is 32.6. The number of likely N-dealkylation sites (N-methyl/N-ethyl adjacent to an activating group) is 1. The third-order valence-electron chi connectivity index (χ3n) is 6.89. The zero-order valence-electron chi connectivity index (χ0n) is 21.7. The first-order valence-corrected chi connectivity index (χ1v) is 14.1. The molecule has 6 nitrogen and oxygen atoms in total. The van der Waals surface area contributed by atoms with Crippen LogP contribution < -0.4 is 4.57 Å². The van der Waals surface area contributed by atoms with Gasteiger partial charge in [0.2, 0.25) is 0 Å². The van der Waals surface area contributed by atoms with Gasteiger partial charge in [-0.2, -0.15) is 13.7 Å². The number of allylic oxidation sites excluding steroid dienone is 3. The van der Waals surface area contributed by atoms with Gasteiger partial charge in [0.15, 0.2) is 12.4 Å². The van der Waals surface area contributed by atoms with Gasteiger partial charge in [0.25, 0.3) is 10.1 Å². The van der Waals surface area contributed by atoms with Crippen LogP contribution in [0.4, 0.5) is 0 Å². The molecule has 1 unspecified atom stereocenters. The van der Waals surface area contributed by atoms with Crippen LogP contribution in [-0.4, -0.2) is 43.3 Å². The largest absolute Gasteiger partial charge is 0.297 e. The van der Waals surface area contributed by atoms with Crippen molar-refractivity contribution < 1.29 is 17.5 Å². The predicted molar refractivity (Wildman–Crippen MR) is 151 cm³/mol. The molecule has 1 aromatic heterocycles. The average Bonchev–Trinajstić information content (AvgIpc) is 2.92. The van der Waals surface area contributed by atoms with Gasteiger partial charge in [0.1, 0.15) is 6.54 Å². The van der Waals surface area contributed by atoms with Crippen LogP contribution in [0.5, 0.6) is 0 Å². The Morgan fingerprint density at radius 1 is 1.03 bits per heavy atom. The summed E-state index contributed by atoms with van der Waals surface area (Å²) in [6, 6.07) is 24.6. The maximum Gasteiger partial charge on any atom is 0.265 e. The zero-order chi connectivity index (χ0) is 27.2. The lowest BCUT2D eigenvalue weighted by Gasteiger charge is -2.36. The molecule has 0 bridgehead atoms. The molecule has 0 amide bonds. The fraction of sp³-hybridized carbons (Fsp3) is 0.226. The Morgan fingerprint density at radius 2 is 1.68 bits per heavy atom. The highest BCUT2D eigenvalue weighted by Gasteiger charge is 2.29. The van der Waals surface area contributed by atoms with Crippen molar-refractivity contribution in [2.24, 2.45) is 0 Å². The second-order valence-electron chi connectivity index (χ2n) is 9.66. The van der Waals surface area contributed by atoms with Gasteiger partial charge in [-0.1, -0.05) is 72.8 Å². The number of hydrogen-bond acceptors (Lipinski definition) is 4. The average molecular weight is 527 g/mol. The molecule has 0 spiro atoms. The van der Waals surface area contributed by atoms with E-state index in [9.17, 15) is 13.7 Å². The van der Waals surface area contributed by atoms with Gasteiger partial charge in [-0.05, 0) is 54.4 Å². The van der Waals surface area contributed by atoms with E-state index in [0.717, 1.165) is 23.1 Å². The van der Waals surface area contributed by atoms with Crippen molar-refractivity contribution in [1.29, 1.82) is 5.26 Å². The van der Waals surface area contributed by atoms with E-state index in [1.54, 1.807) is 0 Å². The van der Waals surface area contributed by atoms with Crippen molar-refractivity contribution in [2.45, 2.75) is 24.9 Å². The standard InChI is InChI=1S/C31H31N3O3S/c1-33(2)31(17-13-28(14-18-31)25-7-4-3-5-8-25)23-30(24-32)27-11-9-26(10-12-27)29-15-20-34(21-16-29)19-6-22-38(35,36)37/h3-5,7-17,20-21,23H,6,18-19,22H2,1-2H3/p+1/b30-23+. The molecule has 0 radical (unpaired) electrons. The van der Waals surface area contributed by atoms with Crippen LogP contribution in [0.2, 0.25) is 0 Å². The fourth-order valence-corrected chi connectivity index (χ4v) is 5.05. The number of pyridine rings is 1. The normalized spacial score (nSPS) is 17.8. The summed E-state index contributed by atoms with van der Waals surface area (Å²) in [5.74, 6) is -0.257. The summed E-state index contributed by atoms with van der Waals surface area (Å²) in [7, 11) is 0.124. The second kappa shape index (κ2) is 11.7. The molecule has 1 N–H and O–H groups in total. The van der Waals surface area contributed by atoms with Crippen molar-refractivity contribution in [3.63, 3.8) is 0 Å². The first-order chi connectivity index (χ1) is 18.2. The van der Waals surface area contributed by atoms with Gasteiger partial charge in [-0.15, -0.1) is 0 Å². The van der Waals surface area contributed by atoms with Crippen LogP contribution in [0.25, 0.3) is 22.3 Å². The molecule has 0 saturated carbocycles. The summed E-state index contributed by atoms with van der Waals surface area (Å²) >= 11 is 0. The predicted octanol–water partition coefficient (Wildman–Crippen LogP) is 5.17. The topological polar surface area (TPSA) is 85.3 Å². The number of nitriles is 1. The molecule has 3 aromatic rings. The number of benzene rings is 2. The van der Waals surface area contributed by atoms with Crippen LogP contribution in [-0.2, 0) is 16.7 Å². The SMILES string of the molecule is CN(C)C1(/C=C(\C#N)c2ccc(-c3cc[n+](CCCS(=O)(=O)O)cc3)cc2)C=CC(c2ccccc2)=CC1. The molecule has 0 aliphatic heterocycles. The minimum absolute atomic E-state index is 0.257. The van der Waals surface area contributed by atoms with Crippen LogP contribution in [0.1, 0.15) is 24.0 Å². The Bertz CT molecular complexity index is 1500. The first-order valence-electron chi connectivity index (χ1n) is 12.5. The molecule has 2 aromatic carbocycles. The van der Waals surface area contributed by atoms with Gasteiger partial charge in [-0.25, -0.2) is 4.57 Å². The highest BCUT2D eigenvalue weighted by Crippen LogP contribution is 2.33. The number of nitrogens with zero attached hydrogens (tertiary/aromatic N) is 3. The summed E-state index contributed by atoms with van der Waals surface area (Å²) in [4.78, 5) is 2.14.